The van der Waals surface area contributed by atoms with Crippen molar-refractivity contribution in [2.24, 2.45) is 5.92 Å². The SMILES string of the molecule is CCCn1nc(C(=O)N(C)C)c2c1CCC(CCCc1ccncc1)C2. The highest BCUT2D eigenvalue weighted by Crippen LogP contribution is 2.31. The lowest BCUT2D eigenvalue weighted by Gasteiger charge is -2.23. The predicted molar refractivity (Wildman–Crippen MR) is 103 cm³/mol. The fraction of sp³-hybridized carbons (Fsp3) is 0.571. The second-order valence-corrected chi connectivity index (χ2v) is 7.55. The summed E-state index contributed by atoms with van der Waals surface area (Å²) in [6, 6.07) is 4.20. The molecule has 5 nitrogen and oxygen atoms in total. The highest BCUT2D eigenvalue weighted by molar-refractivity contribution is 5.93. The van der Waals surface area contributed by atoms with Crippen LogP contribution in [0.2, 0.25) is 0 Å². The van der Waals surface area contributed by atoms with E-state index in [0.717, 1.165) is 32.2 Å². The van der Waals surface area contributed by atoms with Gasteiger partial charge in [0.25, 0.3) is 5.91 Å². The summed E-state index contributed by atoms with van der Waals surface area (Å²) in [5.41, 5.74) is 4.53. The third kappa shape index (κ3) is 4.14. The first-order valence-corrected chi connectivity index (χ1v) is 9.79. The summed E-state index contributed by atoms with van der Waals surface area (Å²) in [6.07, 6.45) is 11.5. The topological polar surface area (TPSA) is 51.0 Å². The number of carbonyl (C=O) groups is 1. The first kappa shape index (κ1) is 18.6. The van der Waals surface area contributed by atoms with Crippen LogP contribution < -0.4 is 0 Å². The van der Waals surface area contributed by atoms with Gasteiger partial charge in [-0.1, -0.05) is 6.92 Å². The van der Waals surface area contributed by atoms with Crippen molar-refractivity contribution in [1.82, 2.24) is 19.7 Å². The zero-order valence-electron chi connectivity index (χ0n) is 16.2. The minimum atomic E-state index is 0.0357. The zero-order chi connectivity index (χ0) is 18.5. The Kier molecular flexibility index (Phi) is 6.07. The lowest BCUT2D eigenvalue weighted by atomic mass is 9.83. The highest BCUT2D eigenvalue weighted by Gasteiger charge is 2.29. The molecule has 26 heavy (non-hydrogen) atoms. The summed E-state index contributed by atoms with van der Waals surface area (Å²) < 4.78 is 2.08. The van der Waals surface area contributed by atoms with E-state index in [1.165, 1.54) is 36.1 Å². The molecule has 140 valence electrons. The van der Waals surface area contributed by atoms with Gasteiger partial charge in [-0.25, -0.2) is 0 Å². The van der Waals surface area contributed by atoms with Crippen molar-refractivity contribution in [1.29, 1.82) is 0 Å². The average Bonchev–Trinajstić information content (AvgIpc) is 3.00. The molecule has 1 amide bonds. The molecular formula is C21H30N4O. The molecule has 0 aliphatic heterocycles. The van der Waals surface area contributed by atoms with Gasteiger partial charge in [0.1, 0.15) is 0 Å². The molecule has 1 aliphatic carbocycles. The second-order valence-electron chi connectivity index (χ2n) is 7.55. The van der Waals surface area contributed by atoms with E-state index in [0.29, 0.717) is 11.6 Å². The fourth-order valence-corrected chi connectivity index (χ4v) is 3.93. The van der Waals surface area contributed by atoms with Crippen LogP contribution in [0, 0.1) is 5.92 Å². The number of amides is 1. The minimum absolute atomic E-state index is 0.0357. The number of carbonyl (C=O) groups excluding carboxylic acids is 1. The molecule has 2 aromatic rings. The molecule has 1 aliphatic rings. The summed E-state index contributed by atoms with van der Waals surface area (Å²) in [4.78, 5) is 18.3. The predicted octanol–water partition coefficient (Wildman–Crippen LogP) is 3.52. The second kappa shape index (κ2) is 8.47. The van der Waals surface area contributed by atoms with Crippen LogP contribution in [0.25, 0.3) is 0 Å². The summed E-state index contributed by atoms with van der Waals surface area (Å²) in [5, 5.41) is 4.68. The van der Waals surface area contributed by atoms with Gasteiger partial charge in [-0.05, 0) is 68.6 Å². The van der Waals surface area contributed by atoms with Gasteiger partial charge in [0.05, 0.1) is 0 Å². The van der Waals surface area contributed by atoms with Crippen molar-refractivity contribution in [3.8, 4) is 0 Å². The Bertz CT molecular complexity index is 736. The van der Waals surface area contributed by atoms with Crippen LogP contribution in [0.3, 0.4) is 0 Å². The molecule has 0 spiro atoms. The number of pyridine rings is 1. The molecule has 0 saturated heterocycles. The molecule has 0 radical (unpaired) electrons. The van der Waals surface area contributed by atoms with Crippen LogP contribution in [0.4, 0.5) is 0 Å². The van der Waals surface area contributed by atoms with Gasteiger partial charge < -0.3 is 4.90 Å². The van der Waals surface area contributed by atoms with E-state index in [9.17, 15) is 4.79 Å². The average molecular weight is 354 g/mol. The molecule has 1 unspecified atom stereocenters. The van der Waals surface area contributed by atoms with Crippen molar-refractivity contribution in [2.75, 3.05) is 14.1 Å². The molecule has 1 atom stereocenters. The molecular weight excluding hydrogens is 324 g/mol. The first-order chi connectivity index (χ1) is 12.6. The molecule has 0 bridgehead atoms. The summed E-state index contributed by atoms with van der Waals surface area (Å²) in [6.45, 7) is 3.06. The van der Waals surface area contributed by atoms with Gasteiger partial charge in [-0.2, -0.15) is 5.10 Å². The van der Waals surface area contributed by atoms with Crippen LogP contribution in [-0.4, -0.2) is 39.7 Å². The third-order valence-corrected chi connectivity index (χ3v) is 5.32. The first-order valence-electron chi connectivity index (χ1n) is 9.79. The van der Waals surface area contributed by atoms with Gasteiger partial charge in [-0.15, -0.1) is 0 Å². The number of aromatic nitrogens is 3. The molecule has 0 fully saturated rings. The van der Waals surface area contributed by atoms with Crippen molar-refractivity contribution < 1.29 is 4.79 Å². The normalized spacial score (nSPS) is 16.3. The van der Waals surface area contributed by atoms with Gasteiger partial charge in [-0.3, -0.25) is 14.5 Å². The summed E-state index contributed by atoms with van der Waals surface area (Å²) in [5.74, 6) is 0.686. The van der Waals surface area contributed by atoms with Gasteiger partial charge in [0, 0.05) is 44.3 Å². The Labute approximate surface area is 156 Å². The van der Waals surface area contributed by atoms with Crippen molar-refractivity contribution in [3.63, 3.8) is 0 Å². The van der Waals surface area contributed by atoms with Crippen molar-refractivity contribution >= 4 is 5.91 Å². The van der Waals surface area contributed by atoms with Crippen LogP contribution in [-0.2, 0) is 25.8 Å². The number of hydrogen-bond acceptors (Lipinski definition) is 3. The number of rotatable bonds is 7. The molecule has 3 rings (SSSR count). The molecule has 5 heteroatoms. The molecule has 2 heterocycles. The Balaban J connectivity index is 1.69. The minimum Gasteiger partial charge on any atom is -0.343 e. The molecule has 2 aromatic heterocycles. The molecule has 0 saturated carbocycles. The van der Waals surface area contributed by atoms with E-state index in [-0.39, 0.29) is 5.91 Å². The van der Waals surface area contributed by atoms with Crippen molar-refractivity contribution in [2.45, 2.75) is 58.4 Å². The van der Waals surface area contributed by atoms with Gasteiger partial charge >= 0.3 is 0 Å². The van der Waals surface area contributed by atoms with Crippen LogP contribution in [0.5, 0.6) is 0 Å². The molecule has 0 N–H and O–H groups in total. The number of aryl methyl sites for hydroxylation is 2. The monoisotopic (exact) mass is 354 g/mol. The Morgan fingerprint density at radius 1 is 1.31 bits per heavy atom. The fourth-order valence-electron chi connectivity index (χ4n) is 3.93. The van der Waals surface area contributed by atoms with E-state index in [1.54, 1.807) is 4.90 Å². The molecule has 0 aromatic carbocycles. The zero-order valence-corrected chi connectivity index (χ0v) is 16.2. The van der Waals surface area contributed by atoms with E-state index >= 15 is 0 Å². The summed E-state index contributed by atoms with van der Waals surface area (Å²) in [7, 11) is 3.62. The maximum absolute atomic E-state index is 12.6. The lowest BCUT2D eigenvalue weighted by Crippen LogP contribution is -2.24. The highest BCUT2D eigenvalue weighted by atomic mass is 16.2. The van der Waals surface area contributed by atoms with E-state index in [2.05, 4.69) is 33.8 Å². The quantitative estimate of drug-likeness (QED) is 0.764. The largest absolute Gasteiger partial charge is 0.343 e. The van der Waals surface area contributed by atoms with Crippen LogP contribution in [0.15, 0.2) is 24.5 Å². The lowest BCUT2D eigenvalue weighted by molar-refractivity contribution is 0.0819. The Morgan fingerprint density at radius 2 is 2.08 bits per heavy atom. The number of fused-ring (bicyclic) bond motifs is 1. The van der Waals surface area contributed by atoms with E-state index < -0.39 is 0 Å². The standard InChI is InChI=1S/C21H30N4O/c1-4-14-25-19-9-8-17(7-5-6-16-10-12-22-13-11-16)15-18(19)20(23-25)21(26)24(2)3/h10-13,17H,4-9,14-15H2,1-3H3. The maximum Gasteiger partial charge on any atom is 0.274 e. The maximum atomic E-state index is 12.6. The van der Waals surface area contributed by atoms with E-state index in [4.69, 9.17) is 0 Å². The van der Waals surface area contributed by atoms with Gasteiger partial charge in [0.15, 0.2) is 5.69 Å². The number of nitrogens with zero attached hydrogens (tertiary/aromatic N) is 4. The van der Waals surface area contributed by atoms with Crippen LogP contribution in [0.1, 0.15) is 59.9 Å². The third-order valence-electron chi connectivity index (χ3n) is 5.32. The van der Waals surface area contributed by atoms with Crippen LogP contribution >= 0.6 is 0 Å². The van der Waals surface area contributed by atoms with E-state index in [1.807, 2.05) is 26.5 Å². The smallest absolute Gasteiger partial charge is 0.274 e. The van der Waals surface area contributed by atoms with Gasteiger partial charge in [0.2, 0.25) is 0 Å². The Morgan fingerprint density at radius 3 is 2.77 bits per heavy atom. The summed E-state index contributed by atoms with van der Waals surface area (Å²) >= 11 is 0. The van der Waals surface area contributed by atoms with Crippen molar-refractivity contribution in [3.05, 3.63) is 47.0 Å². The Hall–Kier alpha value is -2.17. The number of hydrogen-bond donors (Lipinski definition) is 0.